The minimum Gasteiger partial charge on any atom is -0.484 e. The van der Waals surface area contributed by atoms with Gasteiger partial charge in [-0.15, -0.1) is 12.4 Å². The van der Waals surface area contributed by atoms with Gasteiger partial charge in [0.05, 0.1) is 0 Å². The summed E-state index contributed by atoms with van der Waals surface area (Å²) >= 11 is 0. The van der Waals surface area contributed by atoms with Gasteiger partial charge in [0, 0.05) is 6.04 Å². The van der Waals surface area contributed by atoms with Crippen molar-refractivity contribution >= 4 is 18.3 Å². The van der Waals surface area contributed by atoms with Gasteiger partial charge in [0.2, 0.25) is 0 Å². The maximum Gasteiger partial charge on any atom is 0.258 e. The molecule has 2 rings (SSSR count). The van der Waals surface area contributed by atoms with Crippen molar-refractivity contribution in [3.63, 3.8) is 0 Å². The molecule has 1 amide bonds. The zero-order chi connectivity index (χ0) is 14.4. The third-order valence-electron chi connectivity index (χ3n) is 3.74. The lowest BCUT2D eigenvalue weighted by Gasteiger charge is -2.31. The third kappa shape index (κ3) is 5.52. The summed E-state index contributed by atoms with van der Waals surface area (Å²) in [7, 11) is 0. The summed E-state index contributed by atoms with van der Waals surface area (Å²) in [5, 5.41) is 2.98. The molecule has 0 bridgehead atoms. The van der Waals surface area contributed by atoms with Crippen molar-refractivity contribution in [3.8, 4) is 5.75 Å². The van der Waals surface area contributed by atoms with E-state index in [0.29, 0.717) is 18.2 Å². The van der Waals surface area contributed by atoms with Gasteiger partial charge in [0.25, 0.3) is 5.91 Å². The lowest BCUT2D eigenvalue weighted by Crippen LogP contribution is -2.46. The Morgan fingerprint density at radius 2 is 1.95 bits per heavy atom. The summed E-state index contributed by atoms with van der Waals surface area (Å²) in [5.41, 5.74) is 5.73. The number of halogens is 2. The Labute approximate surface area is 130 Å². The van der Waals surface area contributed by atoms with E-state index in [-0.39, 0.29) is 36.8 Å². The van der Waals surface area contributed by atoms with E-state index < -0.39 is 0 Å². The van der Waals surface area contributed by atoms with E-state index in [0.717, 1.165) is 19.3 Å². The second-order valence-electron chi connectivity index (χ2n) is 5.20. The first-order valence-electron chi connectivity index (χ1n) is 7.07. The fourth-order valence-electron chi connectivity index (χ4n) is 2.61. The third-order valence-corrected chi connectivity index (χ3v) is 3.74. The van der Waals surface area contributed by atoms with Gasteiger partial charge in [-0.1, -0.05) is 12.8 Å². The SMILES string of the molecule is Cl.NCC1CCCCC1NC(=O)COc1ccc(F)cc1. The van der Waals surface area contributed by atoms with E-state index >= 15 is 0 Å². The van der Waals surface area contributed by atoms with Crippen LogP contribution in [0.4, 0.5) is 4.39 Å². The molecule has 2 unspecified atom stereocenters. The topological polar surface area (TPSA) is 64.3 Å². The highest BCUT2D eigenvalue weighted by Gasteiger charge is 2.25. The van der Waals surface area contributed by atoms with E-state index in [1.54, 1.807) is 0 Å². The van der Waals surface area contributed by atoms with Crippen molar-refractivity contribution in [2.75, 3.05) is 13.2 Å². The minimum atomic E-state index is -0.324. The lowest BCUT2D eigenvalue weighted by molar-refractivity contribution is -0.124. The molecule has 1 aliphatic rings. The molecule has 118 valence electrons. The molecular formula is C15H22ClFN2O2. The monoisotopic (exact) mass is 316 g/mol. The van der Waals surface area contributed by atoms with E-state index in [1.807, 2.05) is 0 Å². The van der Waals surface area contributed by atoms with Gasteiger partial charge in [-0.2, -0.15) is 0 Å². The molecule has 3 N–H and O–H groups in total. The minimum absolute atomic E-state index is 0. The van der Waals surface area contributed by atoms with Crippen molar-refractivity contribution in [2.45, 2.75) is 31.7 Å². The molecule has 1 aliphatic carbocycles. The molecule has 1 aromatic carbocycles. The van der Waals surface area contributed by atoms with Gasteiger partial charge in [-0.3, -0.25) is 4.79 Å². The van der Waals surface area contributed by atoms with Crippen LogP contribution in [0.3, 0.4) is 0 Å². The largest absolute Gasteiger partial charge is 0.484 e. The molecular weight excluding hydrogens is 295 g/mol. The highest BCUT2D eigenvalue weighted by atomic mass is 35.5. The summed E-state index contributed by atoms with van der Waals surface area (Å²) in [4.78, 5) is 11.9. The van der Waals surface area contributed by atoms with Crippen LogP contribution in [0.2, 0.25) is 0 Å². The van der Waals surface area contributed by atoms with E-state index in [1.165, 1.54) is 30.7 Å². The van der Waals surface area contributed by atoms with Crippen LogP contribution in [0.15, 0.2) is 24.3 Å². The van der Waals surface area contributed by atoms with Crippen molar-refractivity contribution in [2.24, 2.45) is 11.7 Å². The molecule has 2 atom stereocenters. The molecule has 0 heterocycles. The van der Waals surface area contributed by atoms with E-state index in [9.17, 15) is 9.18 Å². The summed E-state index contributed by atoms with van der Waals surface area (Å²) in [6.45, 7) is 0.545. The zero-order valence-corrected chi connectivity index (χ0v) is 12.7. The second-order valence-corrected chi connectivity index (χ2v) is 5.20. The smallest absolute Gasteiger partial charge is 0.258 e. The number of carbonyl (C=O) groups excluding carboxylic acids is 1. The van der Waals surface area contributed by atoms with Crippen LogP contribution in [-0.2, 0) is 4.79 Å². The lowest BCUT2D eigenvalue weighted by atomic mass is 9.84. The predicted octanol–water partition coefficient (Wildman–Crippen LogP) is 2.26. The van der Waals surface area contributed by atoms with Crippen molar-refractivity contribution < 1.29 is 13.9 Å². The van der Waals surface area contributed by atoms with Gasteiger partial charge in [-0.25, -0.2) is 4.39 Å². The van der Waals surface area contributed by atoms with Crippen LogP contribution in [0.1, 0.15) is 25.7 Å². The summed E-state index contributed by atoms with van der Waals surface area (Å²) < 4.78 is 18.1. The summed E-state index contributed by atoms with van der Waals surface area (Å²) in [6.07, 6.45) is 4.35. The predicted molar refractivity (Wildman–Crippen MR) is 82.1 cm³/mol. The molecule has 0 radical (unpaired) electrons. The highest BCUT2D eigenvalue weighted by Crippen LogP contribution is 2.23. The fraction of sp³-hybridized carbons (Fsp3) is 0.533. The first-order chi connectivity index (χ1) is 9.69. The van der Waals surface area contributed by atoms with Crippen LogP contribution in [-0.4, -0.2) is 25.1 Å². The average molecular weight is 317 g/mol. The van der Waals surface area contributed by atoms with E-state index in [2.05, 4.69) is 5.32 Å². The number of hydrogen-bond acceptors (Lipinski definition) is 3. The number of hydrogen-bond donors (Lipinski definition) is 2. The molecule has 1 aromatic rings. The normalized spacial score (nSPS) is 21.2. The van der Waals surface area contributed by atoms with Crippen LogP contribution in [0.25, 0.3) is 0 Å². The first kappa shape index (κ1) is 17.7. The van der Waals surface area contributed by atoms with Gasteiger partial charge < -0.3 is 15.8 Å². The number of nitrogens with two attached hydrogens (primary N) is 1. The molecule has 6 heteroatoms. The van der Waals surface area contributed by atoms with E-state index in [4.69, 9.17) is 10.5 Å². The molecule has 0 aliphatic heterocycles. The quantitative estimate of drug-likeness (QED) is 0.876. The van der Waals surface area contributed by atoms with Gasteiger partial charge in [0.15, 0.2) is 6.61 Å². The zero-order valence-electron chi connectivity index (χ0n) is 11.9. The Morgan fingerprint density at radius 3 is 2.62 bits per heavy atom. The number of amides is 1. The average Bonchev–Trinajstić information content (AvgIpc) is 2.47. The fourth-order valence-corrected chi connectivity index (χ4v) is 2.61. The van der Waals surface area contributed by atoms with Crippen molar-refractivity contribution in [3.05, 3.63) is 30.1 Å². The number of nitrogens with one attached hydrogen (secondary N) is 1. The molecule has 4 nitrogen and oxygen atoms in total. The summed E-state index contributed by atoms with van der Waals surface area (Å²) in [5.74, 6) is 0.369. The van der Waals surface area contributed by atoms with Crippen LogP contribution in [0.5, 0.6) is 5.75 Å². The Hall–Kier alpha value is -1.33. The molecule has 1 fully saturated rings. The number of benzene rings is 1. The van der Waals surface area contributed by atoms with Crippen molar-refractivity contribution in [1.29, 1.82) is 0 Å². The Kier molecular flexibility index (Phi) is 7.47. The van der Waals surface area contributed by atoms with Crippen LogP contribution in [0, 0.1) is 11.7 Å². The second kappa shape index (κ2) is 8.85. The number of ether oxygens (including phenoxy) is 1. The molecule has 0 spiro atoms. The first-order valence-corrected chi connectivity index (χ1v) is 7.07. The summed E-state index contributed by atoms with van der Waals surface area (Å²) in [6, 6.07) is 5.77. The van der Waals surface area contributed by atoms with Crippen LogP contribution < -0.4 is 15.8 Å². The maximum absolute atomic E-state index is 12.7. The maximum atomic E-state index is 12.7. The molecule has 21 heavy (non-hydrogen) atoms. The number of carbonyl (C=O) groups is 1. The Morgan fingerprint density at radius 1 is 1.29 bits per heavy atom. The molecule has 0 aromatic heterocycles. The molecule has 1 saturated carbocycles. The van der Waals surface area contributed by atoms with Gasteiger partial charge in [-0.05, 0) is 49.6 Å². The van der Waals surface area contributed by atoms with Gasteiger partial charge >= 0.3 is 0 Å². The standard InChI is InChI=1S/C15H21FN2O2.ClH/c16-12-5-7-13(8-6-12)20-10-15(19)18-14-4-2-1-3-11(14)9-17;/h5-8,11,14H,1-4,9-10,17H2,(H,18,19);1H. The van der Waals surface area contributed by atoms with Gasteiger partial charge in [0.1, 0.15) is 11.6 Å². The van der Waals surface area contributed by atoms with Crippen LogP contribution >= 0.6 is 12.4 Å². The number of rotatable bonds is 5. The Balaban J connectivity index is 0.00000220. The highest BCUT2D eigenvalue weighted by molar-refractivity contribution is 5.85. The Bertz CT molecular complexity index is 442. The molecule has 0 saturated heterocycles. The van der Waals surface area contributed by atoms with Crippen molar-refractivity contribution in [1.82, 2.24) is 5.32 Å².